The molecule has 0 bridgehead atoms. The third kappa shape index (κ3) is 3.18. The van der Waals surface area contributed by atoms with E-state index in [1.165, 1.54) is 5.57 Å². The molecule has 0 amide bonds. The van der Waals surface area contributed by atoms with Crippen LogP contribution in [0.15, 0.2) is 40.7 Å². The molecule has 1 aromatic carbocycles. The van der Waals surface area contributed by atoms with Gasteiger partial charge < -0.3 is 9.30 Å². The van der Waals surface area contributed by atoms with Gasteiger partial charge in [-0.05, 0) is 52.7 Å². The van der Waals surface area contributed by atoms with E-state index in [4.69, 9.17) is 4.74 Å². The van der Waals surface area contributed by atoms with Crippen molar-refractivity contribution >= 4 is 10.9 Å². The van der Waals surface area contributed by atoms with Gasteiger partial charge in [0.25, 0.3) is 0 Å². The van der Waals surface area contributed by atoms with E-state index in [1.807, 2.05) is 38.2 Å². The minimum atomic E-state index is 0.0686. The first kappa shape index (κ1) is 17.0. The summed E-state index contributed by atoms with van der Waals surface area (Å²) in [7, 11) is 2.05. The molecule has 2 aromatic rings. The third-order valence-electron chi connectivity index (χ3n) is 5.30. The van der Waals surface area contributed by atoms with Crippen LogP contribution >= 0.6 is 0 Å². The number of hydrogen-bond donors (Lipinski definition) is 0. The topological polar surface area (TPSA) is 34.5 Å². The highest BCUT2D eigenvalue weighted by Crippen LogP contribution is 2.38. The van der Waals surface area contributed by atoms with Crippen molar-refractivity contribution in [1.29, 1.82) is 0 Å². The predicted octanol–water partition coefficient (Wildman–Crippen LogP) is 4.29. The maximum atomic E-state index is 12.6. The van der Waals surface area contributed by atoms with Crippen LogP contribution in [-0.4, -0.2) is 16.3 Å². The fraction of sp³-hybridized carbons (Fsp3) is 0.476. The SMILES string of the molecule is CC(=CCc1c(C)c(=O)c2ccccc2n1C)CCC1OC1(C)C. The Morgan fingerprint density at radius 1 is 1.33 bits per heavy atom. The van der Waals surface area contributed by atoms with Crippen molar-refractivity contribution in [2.75, 3.05) is 0 Å². The molecule has 3 heteroatoms. The summed E-state index contributed by atoms with van der Waals surface area (Å²) in [5, 5.41) is 0.801. The van der Waals surface area contributed by atoms with Crippen LogP contribution in [0.1, 0.15) is 44.9 Å². The Morgan fingerprint density at radius 3 is 2.67 bits per heavy atom. The minimum Gasteiger partial charge on any atom is -0.367 e. The fourth-order valence-corrected chi connectivity index (χ4v) is 3.45. The highest BCUT2D eigenvalue weighted by atomic mass is 16.6. The standard InChI is InChI=1S/C21H27NO2/c1-14(11-13-19-21(3,4)24-19)10-12-17-15(2)20(23)16-8-6-7-9-18(16)22(17)5/h6-10,19H,11-13H2,1-5H3. The Balaban J connectivity index is 1.80. The van der Waals surface area contributed by atoms with Gasteiger partial charge in [-0.1, -0.05) is 23.8 Å². The van der Waals surface area contributed by atoms with Crippen molar-refractivity contribution in [2.24, 2.45) is 7.05 Å². The highest BCUT2D eigenvalue weighted by molar-refractivity contribution is 5.80. The number of aryl methyl sites for hydroxylation is 1. The Bertz CT molecular complexity index is 858. The summed E-state index contributed by atoms with van der Waals surface area (Å²) in [6.45, 7) is 8.40. The summed E-state index contributed by atoms with van der Waals surface area (Å²) in [6, 6.07) is 7.84. The third-order valence-corrected chi connectivity index (χ3v) is 5.30. The van der Waals surface area contributed by atoms with Gasteiger partial charge in [-0.25, -0.2) is 0 Å². The first-order valence-electron chi connectivity index (χ1n) is 8.72. The second kappa shape index (κ2) is 6.21. The lowest BCUT2D eigenvalue weighted by molar-refractivity contribution is 0.320. The highest BCUT2D eigenvalue weighted by Gasteiger charge is 2.46. The summed E-state index contributed by atoms with van der Waals surface area (Å²) in [6.07, 6.45) is 5.57. The van der Waals surface area contributed by atoms with Crippen LogP contribution in [-0.2, 0) is 18.2 Å². The quantitative estimate of drug-likeness (QED) is 0.607. The number of nitrogens with zero attached hydrogens (tertiary/aromatic N) is 1. The fourth-order valence-electron chi connectivity index (χ4n) is 3.45. The first-order chi connectivity index (χ1) is 11.3. The van der Waals surface area contributed by atoms with Gasteiger partial charge in [-0.3, -0.25) is 4.79 Å². The zero-order valence-electron chi connectivity index (χ0n) is 15.3. The summed E-state index contributed by atoms with van der Waals surface area (Å²) in [5.41, 5.74) is 4.54. The first-order valence-corrected chi connectivity index (χ1v) is 8.72. The second-order valence-electron chi connectivity index (χ2n) is 7.48. The summed E-state index contributed by atoms with van der Waals surface area (Å²) >= 11 is 0. The van der Waals surface area contributed by atoms with Crippen LogP contribution in [0.25, 0.3) is 10.9 Å². The van der Waals surface area contributed by atoms with E-state index >= 15 is 0 Å². The van der Waals surface area contributed by atoms with E-state index in [0.29, 0.717) is 6.10 Å². The molecule has 3 rings (SSSR count). The van der Waals surface area contributed by atoms with Crippen molar-refractivity contribution in [1.82, 2.24) is 4.57 Å². The molecule has 1 fully saturated rings. The number of rotatable bonds is 5. The smallest absolute Gasteiger partial charge is 0.192 e. The molecule has 1 aliphatic heterocycles. The lowest BCUT2D eigenvalue weighted by Crippen LogP contribution is -2.16. The second-order valence-corrected chi connectivity index (χ2v) is 7.48. The van der Waals surface area contributed by atoms with E-state index in [-0.39, 0.29) is 11.0 Å². The largest absolute Gasteiger partial charge is 0.367 e. The number of para-hydroxylation sites is 1. The monoisotopic (exact) mass is 325 g/mol. The van der Waals surface area contributed by atoms with E-state index < -0.39 is 0 Å². The Hall–Kier alpha value is -1.87. The van der Waals surface area contributed by atoms with Crippen LogP contribution in [0.2, 0.25) is 0 Å². The average molecular weight is 325 g/mol. The number of benzene rings is 1. The molecular formula is C21H27NO2. The molecule has 128 valence electrons. The van der Waals surface area contributed by atoms with Crippen LogP contribution < -0.4 is 5.43 Å². The number of ether oxygens (including phenoxy) is 1. The molecule has 2 heterocycles. The molecule has 0 spiro atoms. The number of epoxide rings is 1. The minimum absolute atomic E-state index is 0.0686. The van der Waals surface area contributed by atoms with E-state index in [9.17, 15) is 4.79 Å². The van der Waals surface area contributed by atoms with Gasteiger partial charge in [0.2, 0.25) is 0 Å². The van der Waals surface area contributed by atoms with Crippen LogP contribution in [0, 0.1) is 6.92 Å². The molecule has 1 unspecified atom stereocenters. The molecule has 1 atom stereocenters. The number of hydrogen-bond acceptors (Lipinski definition) is 2. The summed E-state index contributed by atoms with van der Waals surface area (Å²) < 4.78 is 7.80. The van der Waals surface area contributed by atoms with Crippen molar-refractivity contribution in [3.8, 4) is 0 Å². The van der Waals surface area contributed by atoms with Crippen LogP contribution in [0.3, 0.4) is 0 Å². The maximum Gasteiger partial charge on any atom is 0.192 e. The predicted molar refractivity (Wildman–Crippen MR) is 99.6 cm³/mol. The zero-order chi connectivity index (χ0) is 17.5. The molecule has 0 radical (unpaired) electrons. The van der Waals surface area contributed by atoms with E-state index in [0.717, 1.165) is 41.4 Å². The lowest BCUT2D eigenvalue weighted by atomic mass is 10.0. The molecule has 0 N–H and O–H groups in total. The number of allylic oxidation sites excluding steroid dienone is 2. The molecule has 0 aliphatic carbocycles. The van der Waals surface area contributed by atoms with Crippen LogP contribution in [0.4, 0.5) is 0 Å². The zero-order valence-corrected chi connectivity index (χ0v) is 15.3. The average Bonchev–Trinajstić information content (AvgIpc) is 3.18. The van der Waals surface area contributed by atoms with Crippen molar-refractivity contribution in [3.63, 3.8) is 0 Å². The van der Waals surface area contributed by atoms with E-state index in [1.54, 1.807) is 0 Å². The Labute approximate surface area is 144 Å². The van der Waals surface area contributed by atoms with Gasteiger partial charge in [-0.2, -0.15) is 0 Å². The number of fused-ring (bicyclic) bond motifs is 1. The van der Waals surface area contributed by atoms with Gasteiger partial charge in [0.05, 0.1) is 17.2 Å². The molecule has 0 saturated carbocycles. The Morgan fingerprint density at radius 2 is 2.00 bits per heavy atom. The summed E-state index contributed by atoms with van der Waals surface area (Å²) in [5.74, 6) is 0. The number of pyridine rings is 1. The van der Waals surface area contributed by atoms with Crippen molar-refractivity contribution in [3.05, 3.63) is 57.4 Å². The molecule has 1 saturated heterocycles. The van der Waals surface area contributed by atoms with Gasteiger partial charge in [0, 0.05) is 30.1 Å². The maximum absolute atomic E-state index is 12.6. The van der Waals surface area contributed by atoms with Gasteiger partial charge in [0.15, 0.2) is 5.43 Å². The molecule has 24 heavy (non-hydrogen) atoms. The lowest BCUT2D eigenvalue weighted by Gasteiger charge is -2.14. The van der Waals surface area contributed by atoms with Gasteiger partial charge in [0.1, 0.15) is 0 Å². The van der Waals surface area contributed by atoms with Crippen LogP contribution in [0.5, 0.6) is 0 Å². The molecular weight excluding hydrogens is 298 g/mol. The Kier molecular flexibility index (Phi) is 4.39. The van der Waals surface area contributed by atoms with E-state index in [2.05, 4.69) is 31.4 Å². The molecule has 1 aromatic heterocycles. The van der Waals surface area contributed by atoms with Gasteiger partial charge in [-0.15, -0.1) is 0 Å². The molecule has 3 nitrogen and oxygen atoms in total. The van der Waals surface area contributed by atoms with Crippen molar-refractivity contribution < 1.29 is 4.74 Å². The summed E-state index contributed by atoms with van der Waals surface area (Å²) in [4.78, 5) is 12.6. The van der Waals surface area contributed by atoms with Gasteiger partial charge >= 0.3 is 0 Å². The normalized spacial score (nSPS) is 19.7. The number of aromatic nitrogens is 1. The molecule has 1 aliphatic rings. The van der Waals surface area contributed by atoms with Crippen molar-refractivity contribution in [2.45, 2.75) is 58.7 Å².